The standard InChI is InChI=1S/C11H16N4S/c1-8(2)13-6-9-7-14-11(16-9)10-12-4-5-15(10)3/h4-5,7-8,13H,6H2,1-3H3. The average molecular weight is 236 g/mol. The molecule has 0 saturated heterocycles. The number of hydrogen-bond acceptors (Lipinski definition) is 4. The molecule has 1 N–H and O–H groups in total. The molecule has 0 bridgehead atoms. The summed E-state index contributed by atoms with van der Waals surface area (Å²) in [6.45, 7) is 5.15. The number of nitrogens with one attached hydrogen (secondary N) is 1. The summed E-state index contributed by atoms with van der Waals surface area (Å²) in [6.07, 6.45) is 5.65. The summed E-state index contributed by atoms with van der Waals surface area (Å²) in [5, 5.41) is 4.36. The number of aromatic nitrogens is 3. The van der Waals surface area contributed by atoms with Crippen molar-refractivity contribution < 1.29 is 0 Å². The smallest absolute Gasteiger partial charge is 0.168 e. The van der Waals surface area contributed by atoms with Crippen LogP contribution in [0.1, 0.15) is 18.7 Å². The van der Waals surface area contributed by atoms with Crippen LogP contribution in [0.4, 0.5) is 0 Å². The molecule has 0 aliphatic heterocycles. The maximum atomic E-state index is 4.39. The number of imidazole rings is 1. The van der Waals surface area contributed by atoms with Crippen LogP contribution < -0.4 is 5.32 Å². The van der Waals surface area contributed by atoms with Crippen molar-refractivity contribution in [3.63, 3.8) is 0 Å². The highest BCUT2D eigenvalue weighted by molar-refractivity contribution is 7.14. The first-order chi connectivity index (χ1) is 7.66. The van der Waals surface area contributed by atoms with Crippen LogP contribution in [0.15, 0.2) is 18.6 Å². The minimum Gasteiger partial charge on any atom is -0.332 e. The van der Waals surface area contributed by atoms with Gasteiger partial charge in [-0.2, -0.15) is 0 Å². The third-order valence-corrected chi connectivity index (χ3v) is 3.24. The van der Waals surface area contributed by atoms with Crippen LogP contribution in [0, 0.1) is 0 Å². The third-order valence-electron chi connectivity index (χ3n) is 2.25. The third kappa shape index (κ3) is 2.48. The van der Waals surface area contributed by atoms with Gasteiger partial charge >= 0.3 is 0 Å². The number of rotatable bonds is 4. The van der Waals surface area contributed by atoms with Gasteiger partial charge in [0.2, 0.25) is 0 Å². The molecule has 0 atom stereocenters. The fourth-order valence-electron chi connectivity index (χ4n) is 1.37. The van der Waals surface area contributed by atoms with Gasteiger partial charge in [0.1, 0.15) is 0 Å². The van der Waals surface area contributed by atoms with Crippen LogP contribution in [0.25, 0.3) is 10.8 Å². The zero-order chi connectivity index (χ0) is 11.5. The monoisotopic (exact) mass is 236 g/mol. The Labute approximate surface area is 99.4 Å². The molecule has 5 heteroatoms. The summed E-state index contributed by atoms with van der Waals surface area (Å²) in [5.41, 5.74) is 0. The van der Waals surface area contributed by atoms with E-state index < -0.39 is 0 Å². The van der Waals surface area contributed by atoms with E-state index in [9.17, 15) is 0 Å². The molecule has 2 aromatic heterocycles. The van der Waals surface area contributed by atoms with E-state index in [2.05, 4.69) is 29.1 Å². The summed E-state index contributed by atoms with van der Waals surface area (Å²) < 4.78 is 1.98. The van der Waals surface area contributed by atoms with Gasteiger partial charge in [-0.1, -0.05) is 13.8 Å². The Hall–Kier alpha value is -1.20. The number of hydrogen-bond donors (Lipinski definition) is 1. The summed E-state index contributed by atoms with van der Waals surface area (Å²) in [7, 11) is 1.98. The van der Waals surface area contributed by atoms with Gasteiger partial charge < -0.3 is 9.88 Å². The molecule has 16 heavy (non-hydrogen) atoms. The zero-order valence-corrected chi connectivity index (χ0v) is 10.6. The predicted molar refractivity (Wildman–Crippen MR) is 66.3 cm³/mol. The number of thiazole rings is 1. The van der Waals surface area contributed by atoms with Crippen LogP contribution >= 0.6 is 11.3 Å². The van der Waals surface area contributed by atoms with Crippen LogP contribution in [0.3, 0.4) is 0 Å². The summed E-state index contributed by atoms with van der Waals surface area (Å²) in [5.74, 6) is 0.931. The zero-order valence-electron chi connectivity index (χ0n) is 9.77. The van der Waals surface area contributed by atoms with Crippen molar-refractivity contribution in [2.75, 3.05) is 0 Å². The summed E-state index contributed by atoms with van der Waals surface area (Å²) in [6, 6.07) is 0.499. The van der Waals surface area contributed by atoms with Crippen molar-refractivity contribution in [3.8, 4) is 10.8 Å². The summed E-state index contributed by atoms with van der Waals surface area (Å²) >= 11 is 1.69. The predicted octanol–water partition coefficient (Wildman–Crippen LogP) is 2.04. The first-order valence-electron chi connectivity index (χ1n) is 5.32. The molecule has 86 valence electrons. The second-order valence-corrected chi connectivity index (χ2v) is 5.14. The number of aryl methyl sites for hydroxylation is 1. The topological polar surface area (TPSA) is 42.7 Å². The molecule has 2 aromatic rings. The first-order valence-corrected chi connectivity index (χ1v) is 6.14. The molecule has 0 unspecified atom stereocenters. The minimum atomic E-state index is 0.499. The van der Waals surface area contributed by atoms with Gasteiger partial charge in [-0.3, -0.25) is 0 Å². The lowest BCUT2D eigenvalue weighted by atomic mass is 10.4. The Bertz CT molecular complexity index is 458. The number of nitrogens with zero attached hydrogens (tertiary/aromatic N) is 3. The van der Waals surface area contributed by atoms with Crippen molar-refractivity contribution in [2.24, 2.45) is 7.05 Å². The van der Waals surface area contributed by atoms with Crippen molar-refractivity contribution >= 4 is 11.3 Å². The Morgan fingerprint density at radius 1 is 1.44 bits per heavy atom. The van der Waals surface area contributed by atoms with E-state index in [0.717, 1.165) is 17.4 Å². The van der Waals surface area contributed by atoms with Crippen molar-refractivity contribution in [1.29, 1.82) is 0 Å². The molecule has 0 aromatic carbocycles. The van der Waals surface area contributed by atoms with E-state index in [4.69, 9.17) is 0 Å². The molecule has 2 heterocycles. The van der Waals surface area contributed by atoms with Gasteiger partial charge in [0.25, 0.3) is 0 Å². The van der Waals surface area contributed by atoms with Crippen LogP contribution in [0.2, 0.25) is 0 Å². The molecular weight excluding hydrogens is 220 g/mol. The quantitative estimate of drug-likeness (QED) is 0.883. The highest BCUT2D eigenvalue weighted by atomic mass is 32.1. The fourth-order valence-corrected chi connectivity index (χ4v) is 2.27. The van der Waals surface area contributed by atoms with Gasteiger partial charge in [-0.15, -0.1) is 11.3 Å². The molecular formula is C11H16N4S. The van der Waals surface area contributed by atoms with Crippen LogP contribution in [0.5, 0.6) is 0 Å². The maximum absolute atomic E-state index is 4.39. The highest BCUT2D eigenvalue weighted by Crippen LogP contribution is 2.22. The molecule has 0 saturated carbocycles. The minimum absolute atomic E-state index is 0.499. The molecule has 0 spiro atoms. The van der Waals surface area contributed by atoms with Gasteiger partial charge in [0.05, 0.1) is 0 Å². The maximum Gasteiger partial charge on any atom is 0.168 e. The molecule has 0 fully saturated rings. The Morgan fingerprint density at radius 3 is 2.88 bits per heavy atom. The average Bonchev–Trinajstić information content (AvgIpc) is 2.83. The van der Waals surface area contributed by atoms with E-state index in [-0.39, 0.29) is 0 Å². The lowest BCUT2D eigenvalue weighted by molar-refractivity contribution is 0.593. The van der Waals surface area contributed by atoms with Gasteiger partial charge in [-0.25, -0.2) is 9.97 Å². The van der Waals surface area contributed by atoms with Crippen molar-refractivity contribution in [2.45, 2.75) is 26.4 Å². The van der Waals surface area contributed by atoms with E-state index >= 15 is 0 Å². The SMILES string of the molecule is CC(C)NCc1cnc(-c2nccn2C)s1. The molecule has 0 radical (unpaired) electrons. The van der Waals surface area contributed by atoms with Crippen molar-refractivity contribution in [3.05, 3.63) is 23.5 Å². The summed E-state index contributed by atoms with van der Waals surface area (Å²) in [4.78, 5) is 9.92. The lowest BCUT2D eigenvalue weighted by Gasteiger charge is -2.04. The fraction of sp³-hybridized carbons (Fsp3) is 0.455. The van der Waals surface area contributed by atoms with Crippen LogP contribution in [-0.4, -0.2) is 20.6 Å². The second-order valence-electron chi connectivity index (χ2n) is 4.03. The van der Waals surface area contributed by atoms with Crippen molar-refractivity contribution in [1.82, 2.24) is 19.9 Å². The van der Waals surface area contributed by atoms with Gasteiger partial charge in [0.15, 0.2) is 10.8 Å². The van der Waals surface area contributed by atoms with E-state index in [0.29, 0.717) is 6.04 Å². The Balaban J connectivity index is 2.11. The lowest BCUT2D eigenvalue weighted by Crippen LogP contribution is -2.21. The second kappa shape index (κ2) is 4.76. The molecule has 4 nitrogen and oxygen atoms in total. The van der Waals surface area contributed by atoms with E-state index in [1.54, 1.807) is 17.5 Å². The molecule has 0 aliphatic carbocycles. The van der Waals surface area contributed by atoms with Gasteiger partial charge in [-0.05, 0) is 0 Å². The highest BCUT2D eigenvalue weighted by Gasteiger charge is 2.08. The Morgan fingerprint density at radius 2 is 2.25 bits per heavy atom. The Kier molecular flexibility index (Phi) is 3.36. The van der Waals surface area contributed by atoms with E-state index in [1.165, 1.54) is 4.88 Å². The van der Waals surface area contributed by atoms with Crippen LogP contribution in [-0.2, 0) is 13.6 Å². The first kappa shape index (κ1) is 11.3. The molecule has 0 aliphatic rings. The largest absolute Gasteiger partial charge is 0.332 e. The normalized spacial score (nSPS) is 11.2. The van der Waals surface area contributed by atoms with E-state index in [1.807, 2.05) is 24.0 Å². The van der Waals surface area contributed by atoms with Gasteiger partial charge in [0, 0.05) is 43.1 Å². The molecule has 2 rings (SSSR count). The molecule has 0 amide bonds.